The summed E-state index contributed by atoms with van der Waals surface area (Å²) in [5.41, 5.74) is 4.08. The van der Waals surface area contributed by atoms with Crippen molar-refractivity contribution >= 4 is 28.3 Å². The molecular formula is C31H26N4O3. The van der Waals surface area contributed by atoms with E-state index < -0.39 is 0 Å². The second-order valence-electron chi connectivity index (χ2n) is 9.35. The molecule has 7 heteroatoms. The first-order chi connectivity index (χ1) is 18.7. The first kappa shape index (κ1) is 23.6. The Labute approximate surface area is 220 Å². The van der Waals surface area contributed by atoms with Gasteiger partial charge < -0.3 is 14.6 Å². The van der Waals surface area contributed by atoms with E-state index in [0.29, 0.717) is 47.5 Å². The lowest BCUT2D eigenvalue weighted by molar-refractivity contribution is 0.0969. The number of rotatable bonds is 7. The molecule has 1 aliphatic rings. The number of imidazole rings is 1. The third kappa shape index (κ3) is 4.66. The number of amides is 1. The summed E-state index contributed by atoms with van der Waals surface area (Å²) in [6.07, 6.45) is 8.61. The van der Waals surface area contributed by atoms with Crippen molar-refractivity contribution in [3.63, 3.8) is 0 Å². The van der Waals surface area contributed by atoms with Crippen LogP contribution < -0.4 is 10.1 Å². The van der Waals surface area contributed by atoms with Crippen LogP contribution in [0.4, 0.5) is 5.69 Å². The lowest BCUT2D eigenvalue weighted by atomic mass is 9.89. The average Bonchev–Trinajstić information content (AvgIpc) is 3.47. The molecule has 0 aliphatic heterocycles. The quantitative estimate of drug-likeness (QED) is 0.294. The molecule has 0 bridgehead atoms. The highest BCUT2D eigenvalue weighted by Crippen LogP contribution is 2.38. The van der Waals surface area contributed by atoms with Gasteiger partial charge in [-0.3, -0.25) is 14.6 Å². The van der Waals surface area contributed by atoms with Gasteiger partial charge >= 0.3 is 0 Å². The zero-order valence-electron chi connectivity index (χ0n) is 20.7. The fraction of sp³-hybridized carbons (Fsp3) is 0.161. The number of nitrogens with zero attached hydrogens (tertiary/aromatic N) is 3. The maximum atomic E-state index is 13.7. The molecule has 1 amide bonds. The van der Waals surface area contributed by atoms with Gasteiger partial charge in [-0.25, -0.2) is 4.98 Å². The number of carbonyl (C=O) groups excluding carboxylic acids is 2. The maximum absolute atomic E-state index is 13.7. The highest BCUT2D eigenvalue weighted by molar-refractivity contribution is 6.13. The Morgan fingerprint density at radius 1 is 0.974 bits per heavy atom. The van der Waals surface area contributed by atoms with E-state index in [1.165, 1.54) is 0 Å². The lowest BCUT2D eigenvalue weighted by Gasteiger charge is -2.26. The lowest BCUT2D eigenvalue weighted by Crippen LogP contribution is -2.21. The number of pyridine rings is 1. The summed E-state index contributed by atoms with van der Waals surface area (Å²) in [6.45, 7) is 0.528. The van der Waals surface area contributed by atoms with Crippen molar-refractivity contribution in [2.45, 2.75) is 31.9 Å². The molecule has 0 saturated carbocycles. The predicted octanol–water partition coefficient (Wildman–Crippen LogP) is 6.02. The Kier molecular flexibility index (Phi) is 6.40. The minimum Gasteiger partial charge on any atom is -0.482 e. The fourth-order valence-electron chi connectivity index (χ4n) is 5.03. The van der Waals surface area contributed by atoms with Crippen molar-refractivity contribution in [3.8, 4) is 5.75 Å². The minimum atomic E-state index is -0.349. The first-order valence-corrected chi connectivity index (χ1v) is 12.7. The SMILES string of the molecule is O=C1CCCc2c1ccc(O[C@H](Cn1ccnc1)c1ccccc1)c2NC(=O)c1cccc2cccnc12. The Morgan fingerprint density at radius 2 is 1.84 bits per heavy atom. The highest BCUT2D eigenvalue weighted by atomic mass is 16.5. The number of ether oxygens (including phenoxy) is 1. The fourth-order valence-corrected chi connectivity index (χ4v) is 5.03. The van der Waals surface area contributed by atoms with Gasteiger partial charge in [0.25, 0.3) is 5.91 Å². The number of aromatic nitrogens is 3. The molecule has 0 spiro atoms. The molecule has 3 aromatic carbocycles. The van der Waals surface area contributed by atoms with Gasteiger partial charge in [-0.05, 0) is 48.2 Å². The van der Waals surface area contributed by atoms with Crippen LogP contribution >= 0.6 is 0 Å². The van der Waals surface area contributed by atoms with E-state index in [-0.39, 0.29) is 17.8 Å². The molecule has 1 N–H and O–H groups in total. The number of Topliss-reactive ketones (excluding diaryl/α,β-unsaturated/α-hetero) is 1. The summed E-state index contributed by atoms with van der Waals surface area (Å²) in [7, 11) is 0. The Hall–Kier alpha value is -4.78. The van der Waals surface area contributed by atoms with Crippen molar-refractivity contribution < 1.29 is 14.3 Å². The van der Waals surface area contributed by atoms with Gasteiger partial charge in [-0.2, -0.15) is 0 Å². The van der Waals surface area contributed by atoms with Crippen LogP contribution in [0.25, 0.3) is 10.9 Å². The van der Waals surface area contributed by atoms with E-state index in [0.717, 1.165) is 22.9 Å². The van der Waals surface area contributed by atoms with E-state index in [2.05, 4.69) is 15.3 Å². The minimum absolute atomic E-state index is 0.0816. The molecule has 1 atom stereocenters. The van der Waals surface area contributed by atoms with Gasteiger partial charge in [0, 0.05) is 36.0 Å². The molecular weight excluding hydrogens is 476 g/mol. The molecule has 1 aliphatic carbocycles. The van der Waals surface area contributed by atoms with Gasteiger partial charge in [0.2, 0.25) is 0 Å². The summed E-state index contributed by atoms with van der Waals surface area (Å²) < 4.78 is 8.60. The van der Waals surface area contributed by atoms with Crippen molar-refractivity contribution in [2.75, 3.05) is 5.32 Å². The van der Waals surface area contributed by atoms with E-state index in [9.17, 15) is 9.59 Å². The number of ketones is 1. The van der Waals surface area contributed by atoms with Crippen LogP contribution in [-0.2, 0) is 13.0 Å². The zero-order valence-corrected chi connectivity index (χ0v) is 20.7. The molecule has 188 valence electrons. The maximum Gasteiger partial charge on any atom is 0.257 e. The van der Waals surface area contributed by atoms with E-state index in [1.54, 1.807) is 30.9 Å². The van der Waals surface area contributed by atoms with Gasteiger partial charge in [0.05, 0.1) is 29.6 Å². The largest absolute Gasteiger partial charge is 0.482 e. The Bertz CT molecular complexity index is 1610. The number of anilines is 1. The number of fused-ring (bicyclic) bond motifs is 2. The molecule has 6 rings (SSSR count). The molecule has 38 heavy (non-hydrogen) atoms. The molecule has 0 radical (unpaired) electrons. The van der Waals surface area contributed by atoms with Gasteiger partial charge in [0.15, 0.2) is 5.78 Å². The van der Waals surface area contributed by atoms with Crippen molar-refractivity contribution in [2.24, 2.45) is 0 Å². The van der Waals surface area contributed by atoms with Gasteiger partial charge in [-0.15, -0.1) is 0 Å². The van der Waals surface area contributed by atoms with Crippen LogP contribution in [0, 0.1) is 0 Å². The van der Waals surface area contributed by atoms with Crippen LogP contribution in [0.5, 0.6) is 5.75 Å². The topological polar surface area (TPSA) is 86.1 Å². The van der Waals surface area contributed by atoms with Crippen molar-refractivity contribution in [1.29, 1.82) is 0 Å². The summed E-state index contributed by atoms with van der Waals surface area (Å²) in [5.74, 6) is 0.309. The first-order valence-electron chi connectivity index (χ1n) is 12.7. The Morgan fingerprint density at radius 3 is 2.68 bits per heavy atom. The van der Waals surface area contributed by atoms with Gasteiger partial charge in [-0.1, -0.05) is 48.5 Å². The van der Waals surface area contributed by atoms with Crippen LogP contribution in [0.1, 0.15) is 50.8 Å². The molecule has 5 aromatic rings. The van der Waals surface area contributed by atoms with Gasteiger partial charge in [0.1, 0.15) is 11.9 Å². The second-order valence-corrected chi connectivity index (χ2v) is 9.35. The molecule has 2 heterocycles. The highest BCUT2D eigenvalue weighted by Gasteiger charge is 2.26. The zero-order chi connectivity index (χ0) is 25.9. The number of hydrogen-bond acceptors (Lipinski definition) is 5. The van der Waals surface area contributed by atoms with Crippen LogP contribution in [0.2, 0.25) is 0 Å². The average molecular weight is 503 g/mol. The number of para-hydroxylation sites is 1. The number of benzene rings is 3. The van der Waals surface area contributed by atoms with Crippen molar-refractivity contribution in [1.82, 2.24) is 14.5 Å². The molecule has 0 saturated heterocycles. The van der Waals surface area contributed by atoms with Crippen LogP contribution in [0.15, 0.2) is 97.7 Å². The Balaban J connectivity index is 1.41. The summed E-state index contributed by atoms with van der Waals surface area (Å²) in [6, 6.07) is 22.9. The number of carbonyl (C=O) groups is 2. The summed E-state index contributed by atoms with van der Waals surface area (Å²) in [4.78, 5) is 35.0. The predicted molar refractivity (Wildman–Crippen MR) is 145 cm³/mol. The molecule has 0 fully saturated rings. The number of nitrogens with one attached hydrogen (secondary N) is 1. The van der Waals surface area contributed by atoms with Crippen molar-refractivity contribution in [3.05, 3.63) is 120 Å². The molecule has 7 nitrogen and oxygen atoms in total. The summed E-state index contributed by atoms with van der Waals surface area (Å²) >= 11 is 0. The normalized spacial score (nSPS) is 13.6. The van der Waals surface area contributed by atoms with E-state index in [4.69, 9.17) is 4.74 Å². The third-order valence-electron chi connectivity index (χ3n) is 6.90. The van der Waals surface area contributed by atoms with E-state index >= 15 is 0 Å². The van der Waals surface area contributed by atoms with Crippen LogP contribution in [-0.4, -0.2) is 26.2 Å². The van der Waals surface area contributed by atoms with Crippen LogP contribution in [0.3, 0.4) is 0 Å². The number of hydrogen-bond donors (Lipinski definition) is 1. The second kappa shape index (κ2) is 10.3. The summed E-state index contributed by atoms with van der Waals surface area (Å²) in [5, 5.41) is 3.99. The monoisotopic (exact) mass is 502 g/mol. The molecule has 2 aromatic heterocycles. The standard InChI is InChI=1S/C31H26N4O3/c36-26-13-5-11-24-23(26)14-15-27(38-28(19-35-18-17-32-20-35)21-7-2-1-3-8-21)30(24)34-31(37)25-12-4-9-22-10-6-16-33-29(22)25/h1-4,6-10,12,14-18,20,28H,5,11,13,19H2,(H,34,37)/t28-/m1/s1. The van der Waals surface area contributed by atoms with E-state index in [1.807, 2.05) is 71.4 Å². The smallest absolute Gasteiger partial charge is 0.257 e. The molecule has 0 unspecified atom stereocenters. The third-order valence-corrected chi connectivity index (χ3v) is 6.90.